The second-order valence-corrected chi connectivity index (χ2v) is 4.60. The van der Waals surface area contributed by atoms with Crippen LogP contribution in [0.2, 0.25) is 0 Å². The zero-order valence-electron chi connectivity index (χ0n) is 9.27. The van der Waals surface area contributed by atoms with E-state index >= 15 is 0 Å². The molecule has 1 aromatic carbocycles. The summed E-state index contributed by atoms with van der Waals surface area (Å²) in [5.74, 6) is -1.06. The summed E-state index contributed by atoms with van der Waals surface area (Å²) in [6.07, 6.45) is 1.74. The van der Waals surface area contributed by atoms with E-state index in [4.69, 9.17) is 5.11 Å². The molecule has 0 aliphatic rings. The minimum absolute atomic E-state index is 0.0412. The number of thioether (sulfide) groups is 1. The van der Waals surface area contributed by atoms with Crippen molar-refractivity contribution in [3.63, 3.8) is 0 Å². The molecule has 0 fully saturated rings. The van der Waals surface area contributed by atoms with Crippen LogP contribution < -0.4 is 0 Å². The van der Waals surface area contributed by atoms with E-state index in [1.54, 1.807) is 18.4 Å². The molecule has 1 atom stereocenters. The first-order valence-corrected chi connectivity index (χ1v) is 6.19. The lowest BCUT2D eigenvalue weighted by Crippen LogP contribution is -2.20. The summed E-state index contributed by atoms with van der Waals surface area (Å²) in [7, 11) is 0. The summed E-state index contributed by atoms with van der Waals surface area (Å²) < 4.78 is 0. The number of carbonyl (C=O) groups excluding carboxylic acids is 1. The molecular formula is C12H14O3S. The maximum absolute atomic E-state index is 11.8. The summed E-state index contributed by atoms with van der Waals surface area (Å²) in [4.78, 5) is 22.5. The zero-order valence-corrected chi connectivity index (χ0v) is 10.1. The summed E-state index contributed by atoms with van der Waals surface area (Å²) >= 11 is 1.18. The second-order valence-electron chi connectivity index (χ2n) is 3.56. The van der Waals surface area contributed by atoms with Crippen LogP contribution in [-0.4, -0.2) is 28.4 Å². The predicted molar refractivity (Wildman–Crippen MR) is 65.1 cm³/mol. The van der Waals surface area contributed by atoms with Crippen molar-refractivity contribution in [2.75, 3.05) is 6.26 Å². The number of carboxylic acids is 1. The molecule has 0 saturated carbocycles. The summed E-state index contributed by atoms with van der Waals surface area (Å²) in [6, 6.07) is 7.16. The number of benzene rings is 1. The van der Waals surface area contributed by atoms with Crippen LogP contribution in [0.25, 0.3) is 0 Å². The number of hydrogen-bond donors (Lipinski definition) is 1. The smallest absolute Gasteiger partial charge is 0.317 e. The number of carbonyl (C=O) groups is 2. The highest BCUT2D eigenvalue weighted by molar-refractivity contribution is 7.99. The highest BCUT2D eigenvalue weighted by Crippen LogP contribution is 2.15. The average Bonchev–Trinajstić information content (AvgIpc) is 2.26. The minimum atomic E-state index is -0.937. The Balaban J connectivity index is 2.71. The topological polar surface area (TPSA) is 54.4 Å². The van der Waals surface area contributed by atoms with Gasteiger partial charge in [0.25, 0.3) is 0 Å². The molecule has 0 bridgehead atoms. The predicted octanol–water partition coefficient (Wildman–Crippen LogP) is 2.38. The third-order valence-electron chi connectivity index (χ3n) is 2.30. The Morgan fingerprint density at radius 1 is 1.31 bits per heavy atom. The van der Waals surface area contributed by atoms with E-state index in [-0.39, 0.29) is 12.2 Å². The molecule has 0 amide bonds. The van der Waals surface area contributed by atoms with Gasteiger partial charge in [-0.1, -0.05) is 29.8 Å². The molecule has 0 aromatic heterocycles. The number of carboxylic acid groups (broad SMARTS) is 1. The molecule has 1 aromatic rings. The van der Waals surface area contributed by atoms with Gasteiger partial charge in [-0.3, -0.25) is 9.59 Å². The Kier molecular flexibility index (Phi) is 4.55. The third kappa shape index (κ3) is 3.38. The van der Waals surface area contributed by atoms with Crippen molar-refractivity contribution in [1.29, 1.82) is 0 Å². The van der Waals surface area contributed by atoms with Crippen LogP contribution >= 0.6 is 11.8 Å². The van der Waals surface area contributed by atoms with E-state index in [1.807, 2.05) is 19.1 Å². The molecule has 1 rings (SSSR count). The van der Waals surface area contributed by atoms with Crippen molar-refractivity contribution >= 4 is 23.5 Å². The number of Topliss-reactive ketones (excluding diaryl/α,β-unsaturated/α-hetero) is 1. The van der Waals surface area contributed by atoms with Crippen molar-refractivity contribution in [3.05, 3.63) is 35.4 Å². The van der Waals surface area contributed by atoms with Crippen LogP contribution in [0.4, 0.5) is 0 Å². The molecule has 0 aliphatic carbocycles. The van der Waals surface area contributed by atoms with Crippen LogP contribution in [0.1, 0.15) is 22.3 Å². The monoisotopic (exact) mass is 238 g/mol. The molecule has 16 heavy (non-hydrogen) atoms. The van der Waals surface area contributed by atoms with Gasteiger partial charge in [0.05, 0.1) is 0 Å². The van der Waals surface area contributed by atoms with Gasteiger partial charge < -0.3 is 5.11 Å². The van der Waals surface area contributed by atoms with Gasteiger partial charge in [-0.15, -0.1) is 11.8 Å². The first-order chi connectivity index (χ1) is 7.54. The van der Waals surface area contributed by atoms with Gasteiger partial charge in [0.2, 0.25) is 0 Å². The molecule has 0 radical (unpaired) electrons. The number of hydrogen-bond acceptors (Lipinski definition) is 3. The summed E-state index contributed by atoms with van der Waals surface area (Å²) in [5, 5.41) is 8.18. The van der Waals surface area contributed by atoms with E-state index in [1.165, 1.54) is 11.8 Å². The van der Waals surface area contributed by atoms with Crippen molar-refractivity contribution in [1.82, 2.24) is 0 Å². The van der Waals surface area contributed by atoms with E-state index in [0.29, 0.717) is 5.56 Å². The van der Waals surface area contributed by atoms with E-state index in [0.717, 1.165) is 5.56 Å². The lowest BCUT2D eigenvalue weighted by molar-refractivity contribution is -0.136. The van der Waals surface area contributed by atoms with Crippen molar-refractivity contribution in [3.8, 4) is 0 Å². The van der Waals surface area contributed by atoms with Gasteiger partial charge in [-0.2, -0.15) is 0 Å². The van der Waals surface area contributed by atoms with E-state index in [9.17, 15) is 9.59 Å². The normalized spacial score (nSPS) is 12.1. The van der Waals surface area contributed by atoms with Gasteiger partial charge in [-0.25, -0.2) is 0 Å². The number of ketones is 1. The number of aliphatic carboxylic acids is 1. The molecule has 0 heterocycles. The molecule has 86 valence electrons. The Morgan fingerprint density at radius 3 is 2.31 bits per heavy atom. The van der Waals surface area contributed by atoms with E-state index < -0.39 is 11.2 Å². The fourth-order valence-electron chi connectivity index (χ4n) is 1.30. The molecule has 0 spiro atoms. The largest absolute Gasteiger partial charge is 0.480 e. The van der Waals surface area contributed by atoms with Crippen molar-refractivity contribution < 1.29 is 14.7 Å². The lowest BCUT2D eigenvalue weighted by atomic mass is 10.1. The molecule has 0 aliphatic heterocycles. The number of aryl methyl sites for hydroxylation is 1. The molecule has 1 N–H and O–H groups in total. The Bertz CT molecular complexity index is 384. The third-order valence-corrected chi connectivity index (χ3v) is 3.24. The number of rotatable bonds is 5. The van der Waals surface area contributed by atoms with Gasteiger partial charge in [0.15, 0.2) is 5.78 Å². The maximum Gasteiger partial charge on any atom is 0.317 e. The molecule has 3 nitrogen and oxygen atoms in total. The van der Waals surface area contributed by atoms with Gasteiger partial charge >= 0.3 is 5.97 Å². The SMILES string of the molecule is CSC(CC(=O)c1ccc(C)cc1)C(=O)O. The van der Waals surface area contributed by atoms with E-state index in [2.05, 4.69) is 0 Å². The van der Waals surface area contributed by atoms with Gasteiger partial charge in [0, 0.05) is 12.0 Å². The maximum atomic E-state index is 11.8. The van der Waals surface area contributed by atoms with Gasteiger partial charge in [-0.05, 0) is 13.2 Å². The van der Waals surface area contributed by atoms with Gasteiger partial charge in [0.1, 0.15) is 5.25 Å². The van der Waals surface area contributed by atoms with Crippen LogP contribution in [0.15, 0.2) is 24.3 Å². The standard InChI is InChI=1S/C12H14O3S/c1-8-3-5-9(6-4-8)10(13)7-11(16-2)12(14)15/h3-6,11H,7H2,1-2H3,(H,14,15). The lowest BCUT2D eigenvalue weighted by Gasteiger charge is -2.08. The Hall–Kier alpha value is -1.29. The summed E-state index contributed by atoms with van der Waals surface area (Å²) in [5.41, 5.74) is 1.65. The highest BCUT2D eigenvalue weighted by atomic mass is 32.2. The molecule has 0 saturated heterocycles. The Morgan fingerprint density at radius 2 is 1.88 bits per heavy atom. The average molecular weight is 238 g/mol. The second kappa shape index (κ2) is 5.70. The fraction of sp³-hybridized carbons (Fsp3) is 0.333. The highest BCUT2D eigenvalue weighted by Gasteiger charge is 2.20. The molecule has 4 heteroatoms. The quantitative estimate of drug-likeness (QED) is 0.800. The van der Waals surface area contributed by atoms with Crippen LogP contribution in [0.3, 0.4) is 0 Å². The Labute approximate surface area is 98.9 Å². The molecular weight excluding hydrogens is 224 g/mol. The van der Waals surface area contributed by atoms with Crippen LogP contribution in [-0.2, 0) is 4.79 Å². The molecule has 1 unspecified atom stereocenters. The van der Waals surface area contributed by atoms with Crippen molar-refractivity contribution in [2.45, 2.75) is 18.6 Å². The van der Waals surface area contributed by atoms with Crippen molar-refractivity contribution in [2.24, 2.45) is 0 Å². The zero-order chi connectivity index (χ0) is 12.1. The van der Waals surface area contributed by atoms with Crippen LogP contribution in [0.5, 0.6) is 0 Å². The first kappa shape index (κ1) is 12.8. The van der Waals surface area contributed by atoms with Crippen LogP contribution in [0, 0.1) is 6.92 Å². The fourth-order valence-corrected chi connectivity index (χ4v) is 1.82. The minimum Gasteiger partial charge on any atom is -0.480 e. The first-order valence-electron chi connectivity index (χ1n) is 4.90. The summed E-state index contributed by atoms with van der Waals surface area (Å²) in [6.45, 7) is 1.94.